The van der Waals surface area contributed by atoms with Gasteiger partial charge in [-0.2, -0.15) is 0 Å². The summed E-state index contributed by atoms with van der Waals surface area (Å²) in [5, 5.41) is 9.18. The second-order valence-corrected chi connectivity index (χ2v) is 10.5. The van der Waals surface area contributed by atoms with E-state index in [9.17, 15) is 9.59 Å². The number of rotatable bonds is 5. The maximum absolute atomic E-state index is 13.7. The van der Waals surface area contributed by atoms with E-state index in [0.29, 0.717) is 34.7 Å². The third-order valence-electron chi connectivity index (χ3n) is 7.81. The Kier molecular flexibility index (Phi) is 6.43. The van der Waals surface area contributed by atoms with Crippen molar-refractivity contribution in [2.45, 2.75) is 57.3 Å². The second kappa shape index (κ2) is 9.41. The molecule has 1 aromatic carbocycles. The Balaban J connectivity index is 1.48. The number of nitrogens with zero attached hydrogens (tertiary/aromatic N) is 4. The lowest BCUT2D eigenvalue weighted by Crippen LogP contribution is -2.64. The number of likely N-dealkylation sites (N-methyl/N-ethyl adjacent to an activating group) is 1. The summed E-state index contributed by atoms with van der Waals surface area (Å²) in [4.78, 5) is 31.4. The first-order chi connectivity index (χ1) is 17.2. The van der Waals surface area contributed by atoms with Gasteiger partial charge in [-0.15, -0.1) is 0 Å². The largest absolute Gasteiger partial charge is 0.360 e. The predicted octanol–water partition coefficient (Wildman–Crippen LogP) is 4.37. The number of fused-ring (bicyclic) bond motifs is 3. The number of nitrogens with one attached hydrogen (secondary N) is 1. The van der Waals surface area contributed by atoms with Crippen LogP contribution in [0, 0.1) is 6.92 Å². The van der Waals surface area contributed by atoms with Gasteiger partial charge in [0.25, 0.3) is 11.5 Å². The van der Waals surface area contributed by atoms with Crippen molar-refractivity contribution in [1.29, 1.82) is 0 Å². The van der Waals surface area contributed by atoms with Crippen molar-refractivity contribution in [2.75, 3.05) is 20.6 Å². The van der Waals surface area contributed by atoms with Crippen molar-refractivity contribution < 1.29 is 9.32 Å². The van der Waals surface area contributed by atoms with Crippen molar-refractivity contribution in [1.82, 2.24) is 24.8 Å². The van der Waals surface area contributed by atoms with Gasteiger partial charge in [-0.3, -0.25) is 14.5 Å². The van der Waals surface area contributed by atoms with Gasteiger partial charge < -0.3 is 19.3 Å². The molecule has 3 heterocycles. The smallest absolute Gasteiger partial charge is 0.264 e. The molecule has 36 heavy (non-hydrogen) atoms. The van der Waals surface area contributed by atoms with E-state index < -0.39 is 5.66 Å². The van der Waals surface area contributed by atoms with E-state index in [1.807, 2.05) is 71.9 Å². The summed E-state index contributed by atoms with van der Waals surface area (Å²) in [5.41, 5.74) is 0.275. The minimum Gasteiger partial charge on any atom is -0.360 e. The summed E-state index contributed by atoms with van der Waals surface area (Å²) in [6.07, 6.45) is 11.2. The lowest BCUT2D eigenvalue weighted by Gasteiger charge is -2.45. The van der Waals surface area contributed by atoms with Crippen LogP contribution in [0.5, 0.6) is 0 Å². The quantitative estimate of drug-likeness (QED) is 0.550. The highest BCUT2D eigenvalue weighted by Gasteiger charge is 2.42. The highest BCUT2D eigenvalue weighted by molar-refractivity contribution is 6.37. The number of hydrogen-bond donors (Lipinski definition) is 1. The number of halogens is 1. The van der Waals surface area contributed by atoms with Crippen LogP contribution in [0.4, 0.5) is 0 Å². The fourth-order valence-corrected chi connectivity index (χ4v) is 5.83. The molecule has 0 saturated heterocycles. The molecular formula is C27H32ClN5O3. The Morgan fingerprint density at radius 1 is 1.25 bits per heavy atom. The summed E-state index contributed by atoms with van der Waals surface area (Å²) in [7, 11) is 3.84. The topological polar surface area (TPSA) is 83.6 Å². The van der Waals surface area contributed by atoms with Crippen LogP contribution in [0.2, 0.25) is 5.02 Å². The maximum Gasteiger partial charge on any atom is 0.264 e. The second-order valence-electron chi connectivity index (χ2n) is 10.1. The average Bonchev–Trinajstić information content (AvgIpc) is 3.26. The van der Waals surface area contributed by atoms with E-state index in [4.69, 9.17) is 16.1 Å². The van der Waals surface area contributed by atoms with Gasteiger partial charge >= 0.3 is 0 Å². The standard InChI is InChI=1S/C27H32ClN5O3/c1-17-22-24(30-36-17)23-20(28)12-9-13-21(23)33(25(22)34)19-11-8-10-18(16-19)29-26(35)27(2,31(3)4)32-14-6-5-7-15-32/h5-7,9,12-14,18-19H,8,10-11,15-16H2,1-4H3,(H,29,35). The lowest BCUT2D eigenvalue weighted by molar-refractivity contribution is -0.141. The van der Waals surface area contributed by atoms with Crippen LogP contribution in [-0.4, -0.2) is 57.8 Å². The van der Waals surface area contributed by atoms with E-state index >= 15 is 0 Å². The number of amides is 1. The first kappa shape index (κ1) is 24.6. The van der Waals surface area contributed by atoms with Gasteiger partial charge in [0, 0.05) is 30.2 Å². The van der Waals surface area contributed by atoms with Gasteiger partial charge in [-0.1, -0.05) is 35.0 Å². The van der Waals surface area contributed by atoms with Crippen LogP contribution in [0.15, 0.2) is 51.9 Å². The summed E-state index contributed by atoms with van der Waals surface area (Å²) < 4.78 is 7.24. The predicted molar refractivity (Wildman–Crippen MR) is 142 cm³/mol. The number of aryl methyl sites for hydroxylation is 1. The molecule has 5 rings (SSSR count). The average molecular weight is 510 g/mol. The fourth-order valence-electron chi connectivity index (χ4n) is 5.57. The molecule has 3 atom stereocenters. The molecule has 0 radical (unpaired) electrons. The number of carbonyl (C=O) groups is 1. The Morgan fingerprint density at radius 2 is 2.06 bits per heavy atom. The molecule has 8 nitrogen and oxygen atoms in total. The monoisotopic (exact) mass is 509 g/mol. The Bertz CT molecular complexity index is 1440. The highest BCUT2D eigenvalue weighted by atomic mass is 35.5. The molecule has 1 aliphatic carbocycles. The summed E-state index contributed by atoms with van der Waals surface area (Å²) in [6, 6.07) is 5.43. The first-order valence-electron chi connectivity index (χ1n) is 12.4. The van der Waals surface area contributed by atoms with Gasteiger partial charge in [0.2, 0.25) is 0 Å². The molecule has 1 saturated carbocycles. The van der Waals surface area contributed by atoms with Crippen molar-refractivity contribution in [3.8, 4) is 0 Å². The molecule has 190 valence electrons. The van der Waals surface area contributed by atoms with Crippen LogP contribution in [0.25, 0.3) is 21.8 Å². The first-order valence-corrected chi connectivity index (χ1v) is 12.8. The zero-order chi connectivity index (χ0) is 25.6. The molecule has 1 N–H and O–H groups in total. The molecule has 3 aromatic rings. The van der Waals surface area contributed by atoms with Crippen molar-refractivity contribution in [2.24, 2.45) is 0 Å². The Morgan fingerprint density at radius 3 is 2.78 bits per heavy atom. The molecule has 0 bridgehead atoms. The van der Waals surface area contributed by atoms with Crippen LogP contribution in [0.1, 0.15) is 44.4 Å². The number of aromatic nitrogens is 2. The minimum absolute atomic E-state index is 0.0521. The zero-order valence-corrected chi connectivity index (χ0v) is 21.9. The highest BCUT2D eigenvalue weighted by Crippen LogP contribution is 2.35. The maximum atomic E-state index is 13.7. The van der Waals surface area contributed by atoms with Crippen LogP contribution in [0.3, 0.4) is 0 Å². The normalized spacial score (nSPS) is 21.9. The van der Waals surface area contributed by atoms with E-state index in [1.165, 1.54) is 0 Å². The third kappa shape index (κ3) is 3.92. The Labute approximate surface area is 215 Å². The SMILES string of the molecule is Cc1onc2c1c(=O)n(C1CCCC(NC(=O)C(C)(N(C)C)N3C=CC=CC3)C1)c1cccc(Cl)c21. The summed E-state index contributed by atoms with van der Waals surface area (Å²) >= 11 is 6.59. The van der Waals surface area contributed by atoms with Gasteiger partial charge in [0.1, 0.15) is 16.7 Å². The molecule has 3 unspecified atom stereocenters. The van der Waals surface area contributed by atoms with Gasteiger partial charge in [0.15, 0.2) is 5.66 Å². The van der Waals surface area contributed by atoms with Crippen LogP contribution >= 0.6 is 11.6 Å². The van der Waals surface area contributed by atoms with Crippen LogP contribution < -0.4 is 10.9 Å². The van der Waals surface area contributed by atoms with E-state index in [2.05, 4.69) is 10.5 Å². The molecule has 1 amide bonds. The molecule has 2 aromatic heterocycles. The van der Waals surface area contributed by atoms with Gasteiger partial charge in [-0.05, 0) is 71.8 Å². The van der Waals surface area contributed by atoms with E-state index in [0.717, 1.165) is 30.2 Å². The number of allylic oxidation sites excluding steroid dienone is 2. The number of carbonyl (C=O) groups excluding carboxylic acids is 1. The number of benzene rings is 1. The van der Waals surface area contributed by atoms with Crippen molar-refractivity contribution >= 4 is 39.3 Å². The molecule has 1 aliphatic heterocycles. The molecular weight excluding hydrogens is 478 g/mol. The van der Waals surface area contributed by atoms with E-state index in [-0.39, 0.29) is 23.6 Å². The molecule has 2 aliphatic rings. The summed E-state index contributed by atoms with van der Waals surface area (Å²) in [5.74, 6) is 0.431. The molecule has 0 spiro atoms. The minimum atomic E-state index is -0.844. The fraction of sp³-hybridized carbons (Fsp3) is 0.444. The van der Waals surface area contributed by atoms with E-state index in [1.54, 1.807) is 13.0 Å². The van der Waals surface area contributed by atoms with Gasteiger partial charge in [0.05, 0.1) is 10.5 Å². The van der Waals surface area contributed by atoms with Crippen molar-refractivity contribution in [3.05, 3.63) is 63.8 Å². The zero-order valence-electron chi connectivity index (χ0n) is 21.1. The third-order valence-corrected chi connectivity index (χ3v) is 8.12. The molecule has 1 fully saturated rings. The number of pyridine rings is 1. The Hall–Kier alpha value is -3.10. The molecule has 9 heteroatoms. The lowest BCUT2D eigenvalue weighted by atomic mass is 9.89. The van der Waals surface area contributed by atoms with Crippen molar-refractivity contribution in [3.63, 3.8) is 0 Å². The van der Waals surface area contributed by atoms with Crippen LogP contribution in [-0.2, 0) is 4.79 Å². The van der Waals surface area contributed by atoms with Gasteiger partial charge in [-0.25, -0.2) is 0 Å². The number of hydrogen-bond acceptors (Lipinski definition) is 6. The summed E-state index contributed by atoms with van der Waals surface area (Å²) in [6.45, 7) is 4.35.